The summed E-state index contributed by atoms with van der Waals surface area (Å²) in [5.74, 6) is -0.968. The average molecular weight is 485 g/mol. The fraction of sp³-hybridized carbons (Fsp3) is 0.375. The van der Waals surface area contributed by atoms with Crippen LogP contribution in [0, 0.1) is 5.92 Å². The summed E-state index contributed by atoms with van der Waals surface area (Å²) in [5, 5.41) is 5.43. The average Bonchev–Trinajstić information content (AvgIpc) is 3.06. The van der Waals surface area contributed by atoms with E-state index in [-0.39, 0.29) is 22.4 Å². The van der Waals surface area contributed by atoms with Crippen molar-refractivity contribution in [3.63, 3.8) is 0 Å². The van der Waals surface area contributed by atoms with Gasteiger partial charge < -0.3 is 10.6 Å². The number of carbonyl (C=O) groups is 3. The van der Waals surface area contributed by atoms with Crippen LogP contribution in [0.4, 0.5) is 16.2 Å². The summed E-state index contributed by atoms with van der Waals surface area (Å²) in [6, 6.07) is 13.9. The summed E-state index contributed by atoms with van der Waals surface area (Å²) >= 11 is 0. The highest BCUT2D eigenvalue weighted by molar-refractivity contribution is 7.92. The molecule has 2 fully saturated rings. The number of anilines is 2. The number of rotatable bonds is 6. The van der Waals surface area contributed by atoms with Crippen LogP contribution in [-0.2, 0) is 19.6 Å². The monoisotopic (exact) mass is 484 g/mol. The molecule has 1 heterocycles. The molecule has 2 aromatic rings. The standard InChI is InChI=1S/C24H28N4O5S/c1-17-9-6-7-14-24(17)22(30)28(23(31)26-24)16-21(29)25-18-10-8-13-20(15-18)34(32,33)27(2)19-11-4-3-5-12-19/h3-5,8,10-13,15,17H,6-7,9,14,16H2,1-2H3,(H,25,29)(H,26,31)/t17-,24+/m1/s1. The van der Waals surface area contributed by atoms with Gasteiger partial charge in [0.1, 0.15) is 12.1 Å². The third-order valence-corrected chi connectivity index (χ3v) is 8.48. The van der Waals surface area contributed by atoms with Gasteiger partial charge in [0.15, 0.2) is 0 Å². The minimum absolute atomic E-state index is 0.00151. The zero-order chi connectivity index (χ0) is 24.5. The molecule has 2 atom stereocenters. The van der Waals surface area contributed by atoms with Gasteiger partial charge in [-0.05, 0) is 49.1 Å². The third-order valence-electron chi connectivity index (χ3n) is 6.70. The Bertz CT molecular complexity index is 1220. The van der Waals surface area contributed by atoms with Gasteiger partial charge in [-0.15, -0.1) is 0 Å². The number of sulfonamides is 1. The van der Waals surface area contributed by atoms with Crippen LogP contribution in [0.1, 0.15) is 32.6 Å². The number of amides is 4. The number of urea groups is 1. The molecular formula is C24H28N4O5S. The van der Waals surface area contributed by atoms with Crippen LogP contribution in [0.2, 0.25) is 0 Å². The van der Waals surface area contributed by atoms with Crippen molar-refractivity contribution in [2.75, 3.05) is 23.2 Å². The molecule has 2 aliphatic rings. The summed E-state index contributed by atoms with van der Waals surface area (Å²) in [6.07, 6.45) is 3.25. The highest BCUT2D eigenvalue weighted by atomic mass is 32.2. The van der Waals surface area contributed by atoms with Gasteiger partial charge in [0.25, 0.3) is 15.9 Å². The molecule has 4 rings (SSSR count). The van der Waals surface area contributed by atoms with E-state index in [1.807, 2.05) is 6.92 Å². The fourth-order valence-electron chi connectivity index (χ4n) is 4.65. The van der Waals surface area contributed by atoms with Crippen LogP contribution in [0.15, 0.2) is 59.5 Å². The van der Waals surface area contributed by atoms with Crippen molar-refractivity contribution in [1.29, 1.82) is 0 Å². The molecule has 1 aliphatic heterocycles. The molecule has 1 aliphatic carbocycles. The number of carbonyl (C=O) groups excluding carboxylic acids is 3. The highest BCUT2D eigenvalue weighted by Gasteiger charge is 2.55. The van der Waals surface area contributed by atoms with Crippen LogP contribution < -0.4 is 14.9 Å². The van der Waals surface area contributed by atoms with E-state index in [0.29, 0.717) is 12.1 Å². The summed E-state index contributed by atoms with van der Waals surface area (Å²) in [5.41, 5.74) is -0.187. The molecule has 4 amide bonds. The van der Waals surface area contributed by atoms with Crippen molar-refractivity contribution in [1.82, 2.24) is 10.2 Å². The fourth-order valence-corrected chi connectivity index (χ4v) is 5.89. The number of imide groups is 1. The normalized spacial score (nSPS) is 22.5. The van der Waals surface area contributed by atoms with Gasteiger partial charge in [-0.3, -0.25) is 18.8 Å². The number of benzene rings is 2. The number of para-hydroxylation sites is 1. The first kappa shape index (κ1) is 23.7. The lowest BCUT2D eigenvalue weighted by Crippen LogP contribution is -2.54. The smallest absolute Gasteiger partial charge is 0.324 e. The maximum atomic E-state index is 13.1. The summed E-state index contributed by atoms with van der Waals surface area (Å²) < 4.78 is 27.2. The molecule has 0 unspecified atom stereocenters. The molecule has 0 aromatic heterocycles. The Labute approximate surface area is 199 Å². The molecular weight excluding hydrogens is 456 g/mol. The summed E-state index contributed by atoms with van der Waals surface area (Å²) in [6.45, 7) is 1.50. The molecule has 0 radical (unpaired) electrons. The van der Waals surface area contributed by atoms with E-state index >= 15 is 0 Å². The van der Waals surface area contributed by atoms with Gasteiger partial charge in [0.05, 0.1) is 10.6 Å². The predicted molar refractivity (Wildman–Crippen MR) is 128 cm³/mol. The summed E-state index contributed by atoms with van der Waals surface area (Å²) in [4.78, 5) is 39.2. The molecule has 1 spiro atoms. The Kier molecular flexibility index (Phi) is 6.35. The maximum Gasteiger partial charge on any atom is 0.325 e. The first-order valence-corrected chi connectivity index (χ1v) is 12.7. The Morgan fingerprint density at radius 1 is 1.15 bits per heavy atom. The molecule has 2 aromatic carbocycles. The Hall–Kier alpha value is -3.40. The maximum absolute atomic E-state index is 13.1. The molecule has 0 bridgehead atoms. The molecule has 2 N–H and O–H groups in total. The molecule has 10 heteroatoms. The van der Waals surface area contributed by atoms with Crippen LogP contribution in [0.25, 0.3) is 0 Å². The van der Waals surface area contributed by atoms with Gasteiger partial charge >= 0.3 is 6.03 Å². The number of hydrogen-bond donors (Lipinski definition) is 2. The Morgan fingerprint density at radius 3 is 2.59 bits per heavy atom. The lowest BCUT2D eigenvalue weighted by molar-refractivity contribution is -0.136. The van der Waals surface area contributed by atoms with Crippen molar-refractivity contribution < 1.29 is 22.8 Å². The lowest BCUT2D eigenvalue weighted by atomic mass is 9.73. The third kappa shape index (κ3) is 4.25. The van der Waals surface area contributed by atoms with E-state index in [4.69, 9.17) is 0 Å². The topological polar surface area (TPSA) is 116 Å². The van der Waals surface area contributed by atoms with Gasteiger partial charge in [0.2, 0.25) is 5.91 Å². The van der Waals surface area contributed by atoms with Crippen LogP contribution >= 0.6 is 0 Å². The second-order valence-electron chi connectivity index (χ2n) is 8.82. The van der Waals surface area contributed by atoms with Crippen molar-refractivity contribution in [2.45, 2.75) is 43.0 Å². The predicted octanol–water partition coefficient (Wildman–Crippen LogP) is 2.95. The minimum Gasteiger partial charge on any atom is -0.324 e. The van der Waals surface area contributed by atoms with Gasteiger partial charge in [-0.1, -0.05) is 44.0 Å². The van der Waals surface area contributed by atoms with E-state index in [1.54, 1.807) is 36.4 Å². The van der Waals surface area contributed by atoms with Gasteiger partial charge in [-0.25, -0.2) is 13.2 Å². The van der Waals surface area contributed by atoms with Crippen molar-refractivity contribution in [3.8, 4) is 0 Å². The Balaban J connectivity index is 1.47. The zero-order valence-corrected chi connectivity index (χ0v) is 20.0. The number of nitrogens with zero attached hydrogens (tertiary/aromatic N) is 2. The quantitative estimate of drug-likeness (QED) is 0.612. The number of nitrogens with one attached hydrogen (secondary N) is 2. The van der Waals surface area contributed by atoms with Crippen LogP contribution in [-0.4, -0.2) is 50.3 Å². The van der Waals surface area contributed by atoms with E-state index in [1.165, 1.54) is 25.2 Å². The van der Waals surface area contributed by atoms with E-state index in [9.17, 15) is 22.8 Å². The lowest BCUT2D eigenvalue weighted by Gasteiger charge is -2.36. The minimum atomic E-state index is -3.86. The van der Waals surface area contributed by atoms with Gasteiger partial charge in [-0.2, -0.15) is 0 Å². The van der Waals surface area contributed by atoms with Crippen molar-refractivity contribution in [3.05, 3.63) is 54.6 Å². The largest absolute Gasteiger partial charge is 0.325 e. The van der Waals surface area contributed by atoms with E-state index in [2.05, 4.69) is 10.6 Å². The van der Waals surface area contributed by atoms with Crippen molar-refractivity contribution in [2.24, 2.45) is 5.92 Å². The second kappa shape index (κ2) is 9.09. The second-order valence-corrected chi connectivity index (χ2v) is 10.8. The first-order valence-electron chi connectivity index (χ1n) is 11.2. The van der Waals surface area contributed by atoms with Crippen LogP contribution in [0.5, 0.6) is 0 Å². The molecule has 180 valence electrons. The summed E-state index contributed by atoms with van der Waals surface area (Å²) in [7, 11) is -2.41. The zero-order valence-electron chi connectivity index (χ0n) is 19.2. The highest BCUT2D eigenvalue weighted by Crippen LogP contribution is 2.38. The molecule has 1 saturated heterocycles. The van der Waals surface area contributed by atoms with Crippen molar-refractivity contribution >= 4 is 39.2 Å². The first-order chi connectivity index (χ1) is 16.1. The van der Waals surface area contributed by atoms with Gasteiger partial charge in [0, 0.05) is 12.7 Å². The molecule has 1 saturated carbocycles. The van der Waals surface area contributed by atoms with Crippen LogP contribution in [0.3, 0.4) is 0 Å². The van der Waals surface area contributed by atoms with E-state index in [0.717, 1.165) is 28.5 Å². The number of hydrogen-bond acceptors (Lipinski definition) is 5. The molecule has 34 heavy (non-hydrogen) atoms. The molecule has 9 nitrogen and oxygen atoms in total. The SMILES string of the molecule is C[C@@H]1CCCC[C@]12NC(=O)N(CC(=O)Nc1cccc(S(=O)(=O)N(C)c3ccccc3)c1)C2=O. The van der Waals surface area contributed by atoms with E-state index < -0.39 is 34.0 Å². The Morgan fingerprint density at radius 2 is 1.88 bits per heavy atom.